The molecule has 0 aliphatic rings. The Hall–Kier alpha value is -3.52. The maximum atomic E-state index is 12.5. The van der Waals surface area contributed by atoms with Gasteiger partial charge in [-0.1, -0.05) is 30.3 Å². The van der Waals surface area contributed by atoms with Gasteiger partial charge in [0.1, 0.15) is 5.69 Å². The number of para-hydroxylation sites is 1. The molecule has 3 rings (SSSR count). The lowest BCUT2D eigenvalue weighted by Gasteiger charge is -2.08. The van der Waals surface area contributed by atoms with Crippen LogP contribution in [0.1, 0.15) is 24.6 Å². The molecule has 0 spiro atoms. The second kappa shape index (κ2) is 6.71. The number of aryl methyl sites for hydroxylation is 1. The van der Waals surface area contributed by atoms with Gasteiger partial charge in [-0.2, -0.15) is 5.26 Å². The number of rotatable bonds is 3. The number of aromatic nitrogens is 2. The molecular formula is C19H18N4O. The van der Waals surface area contributed by atoms with Gasteiger partial charge in [0.15, 0.2) is 0 Å². The van der Waals surface area contributed by atoms with Crippen LogP contribution >= 0.6 is 0 Å². The molecule has 0 aliphatic carbocycles. The number of carbonyl (C=O) groups is 1. The second-order valence-corrected chi connectivity index (χ2v) is 5.20. The highest BCUT2D eigenvalue weighted by atomic mass is 16.1. The molecule has 120 valence electrons. The van der Waals surface area contributed by atoms with Gasteiger partial charge >= 0.3 is 0 Å². The third-order valence-corrected chi connectivity index (χ3v) is 3.49. The van der Waals surface area contributed by atoms with Gasteiger partial charge in [0.2, 0.25) is 0 Å². The Morgan fingerprint density at radius 1 is 1.17 bits per heavy atom. The maximum absolute atomic E-state index is 12.5. The molecule has 0 radical (unpaired) electrons. The summed E-state index contributed by atoms with van der Waals surface area (Å²) in [5.74, 6) is -0.315. The van der Waals surface area contributed by atoms with Crippen LogP contribution in [0.15, 0.2) is 60.8 Å². The van der Waals surface area contributed by atoms with Gasteiger partial charge in [0, 0.05) is 14.1 Å². The maximum Gasteiger partial charge on any atom is 0.276 e. The number of carbonyl (C=O) groups excluding carboxylic acids is 1. The van der Waals surface area contributed by atoms with Crippen LogP contribution in [-0.4, -0.2) is 15.9 Å². The Morgan fingerprint density at radius 3 is 2.71 bits per heavy atom. The number of hydrogen-bond acceptors (Lipinski definition) is 4. The van der Waals surface area contributed by atoms with Gasteiger partial charge in [-0.05, 0) is 31.2 Å². The second-order valence-electron chi connectivity index (χ2n) is 5.20. The highest BCUT2D eigenvalue weighted by Gasteiger charge is 2.14. The zero-order valence-corrected chi connectivity index (χ0v) is 13.0. The fourth-order valence-corrected chi connectivity index (χ4v) is 2.26. The molecule has 0 atom stereocenters. The molecule has 0 saturated heterocycles. The van der Waals surface area contributed by atoms with Crippen LogP contribution in [0.4, 0.5) is 5.69 Å². The van der Waals surface area contributed by atoms with E-state index in [4.69, 9.17) is 5.26 Å². The van der Waals surface area contributed by atoms with Crippen LogP contribution in [-0.2, 0) is 0 Å². The SMILES string of the molecule is Cc1ncc(-c2cccc(C#N)c2)nc1C(=O)Nc1ccccc1.[HH].[HH]. The van der Waals surface area contributed by atoms with Crippen molar-refractivity contribution >= 4 is 11.6 Å². The Balaban J connectivity index is 0.00000169. The molecular weight excluding hydrogens is 300 g/mol. The molecule has 1 N–H and O–H groups in total. The zero-order chi connectivity index (χ0) is 16.9. The smallest absolute Gasteiger partial charge is 0.276 e. The summed E-state index contributed by atoms with van der Waals surface area (Å²) in [5, 5.41) is 11.8. The molecule has 5 heteroatoms. The quantitative estimate of drug-likeness (QED) is 0.789. The number of nitrogens with zero attached hydrogens (tertiary/aromatic N) is 3. The van der Waals surface area contributed by atoms with E-state index in [1.54, 1.807) is 43.5 Å². The lowest BCUT2D eigenvalue weighted by atomic mass is 10.1. The molecule has 2 aromatic carbocycles. The summed E-state index contributed by atoms with van der Waals surface area (Å²) in [4.78, 5) is 21.2. The van der Waals surface area contributed by atoms with Crippen molar-refractivity contribution < 1.29 is 7.65 Å². The van der Waals surface area contributed by atoms with Crippen molar-refractivity contribution in [1.82, 2.24) is 9.97 Å². The lowest BCUT2D eigenvalue weighted by molar-refractivity contribution is 0.102. The number of nitriles is 1. The number of nitrogens with one attached hydrogen (secondary N) is 1. The van der Waals surface area contributed by atoms with Crippen LogP contribution in [0.3, 0.4) is 0 Å². The molecule has 1 amide bonds. The van der Waals surface area contributed by atoms with Gasteiger partial charge in [-0.3, -0.25) is 9.78 Å². The summed E-state index contributed by atoms with van der Waals surface area (Å²) in [7, 11) is 0. The van der Waals surface area contributed by atoms with Gasteiger partial charge in [-0.15, -0.1) is 0 Å². The van der Waals surface area contributed by atoms with Crippen molar-refractivity contribution in [2.45, 2.75) is 6.92 Å². The molecule has 24 heavy (non-hydrogen) atoms. The first kappa shape index (κ1) is 15.4. The van der Waals surface area contributed by atoms with E-state index in [1.807, 2.05) is 24.3 Å². The molecule has 3 aromatic rings. The van der Waals surface area contributed by atoms with Crippen LogP contribution < -0.4 is 5.32 Å². The molecule has 5 nitrogen and oxygen atoms in total. The first-order valence-electron chi connectivity index (χ1n) is 7.38. The average Bonchev–Trinajstić information content (AvgIpc) is 2.63. The standard InChI is InChI=1S/C19H14N4O.2H2/c1-13-18(19(24)22-16-8-3-2-4-9-16)23-17(12-21-13)15-7-5-6-14(10-15)11-20;;/h2-10,12H,1H3,(H,22,24);2*1H. The average molecular weight is 318 g/mol. The minimum Gasteiger partial charge on any atom is -0.321 e. The first-order valence-corrected chi connectivity index (χ1v) is 7.38. The molecule has 0 saturated carbocycles. The van der Waals surface area contributed by atoms with Gasteiger partial charge < -0.3 is 5.32 Å². The van der Waals surface area contributed by atoms with Crippen LogP contribution in [0, 0.1) is 18.3 Å². The Bertz CT molecular complexity index is 940. The number of benzene rings is 2. The van der Waals surface area contributed by atoms with Gasteiger partial charge in [0.05, 0.1) is 29.2 Å². The third-order valence-electron chi connectivity index (χ3n) is 3.49. The van der Waals surface area contributed by atoms with Crippen molar-refractivity contribution in [3.05, 3.63) is 77.7 Å². The van der Waals surface area contributed by atoms with Gasteiger partial charge in [-0.25, -0.2) is 4.98 Å². The molecule has 0 unspecified atom stereocenters. The minimum absolute atomic E-state index is 0. The van der Waals surface area contributed by atoms with E-state index in [1.165, 1.54) is 0 Å². The van der Waals surface area contributed by atoms with E-state index in [9.17, 15) is 4.79 Å². The van der Waals surface area contributed by atoms with E-state index < -0.39 is 0 Å². The fraction of sp³-hybridized carbons (Fsp3) is 0.0526. The highest BCUT2D eigenvalue weighted by Crippen LogP contribution is 2.19. The highest BCUT2D eigenvalue weighted by molar-refractivity contribution is 6.03. The van der Waals surface area contributed by atoms with E-state index in [2.05, 4.69) is 21.4 Å². The fourth-order valence-electron chi connectivity index (χ4n) is 2.26. The van der Waals surface area contributed by atoms with Crippen LogP contribution in [0.25, 0.3) is 11.3 Å². The Kier molecular flexibility index (Phi) is 4.30. The van der Waals surface area contributed by atoms with Gasteiger partial charge in [0.25, 0.3) is 5.91 Å². The molecule has 0 bridgehead atoms. The van der Waals surface area contributed by atoms with Crippen molar-refractivity contribution in [2.75, 3.05) is 5.32 Å². The minimum atomic E-state index is -0.315. The monoisotopic (exact) mass is 318 g/mol. The predicted molar refractivity (Wildman–Crippen MR) is 95.5 cm³/mol. The van der Waals surface area contributed by atoms with Crippen molar-refractivity contribution in [3.63, 3.8) is 0 Å². The van der Waals surface area contributed by atoms with Crippen molar-refractivity contribution in [3.8, 4) is 17.3 Å². The Labute approximate surface area is 142 Å². The molecule has 0 aliphatic heterocycles. The van der Waals surface area contributed by atoms with Crippen LogP contribution in [0.2, 0.25) is 0 Å². The number of hydrogen-bond donors (Lipinski definition) is 1. The topological polar surface area (TPSA) is 78.7 Å². The summed E-state index contributed by atoms with van der Waals surface area (Å²) in [6.45, 7) is 1.74. The summed E-state index contributed by atoms with van der Waals surface area (Å²) in [5.41, 5.74) is 3.33. The summed E-state index contributed by atoms with van der Waals surface area (Å²) in [6.07, 6.45) is 1.60. The molecule has 0 fully saturated rings. The first-order chi connectivity index (χ1) is 11.7. The number of amides is 1. The van der Waals surface area contributed by atoms with Crippen molar-refractivity contribution in [2.24, 2.45) is 0 Å². The summed E-state index contributed by atoms with van der Waals surface area (Å²) < 4.78 is 0. The van der Waals surface area contributed by atoms with Crippen molar-refractivity contribution in [1.29, 1.82) is 5.26 Å². The van der Waals surface area contributed by atoms with E-state index in [0.29, 0.717) is 22.6 Å². The van der Waals surface area contributed by atoms with E-state index in [-0.39, 0.29) is 14.5 Å². The normalized spacial score (nSPS) is 10.0. The largest absolute Gasteiger partial charge is 0.321 e. The van der Waals surface area contributed by atoms with Crippen LogP contribution in [0.5, 0.6) is 0 Å². The lowest BCUT2D eigenvalue weighted by Crippen LogP contribution is -2.16. The zero-order valence-electron chi connectivity index (χ0n) is 13.0. The van der Waals surface area contributed by atoms with E-state index >= 15 is 0 Å². The van der Waals surface area contributed by atoms with E-state index in [0.717, 1.165) is 5.56 Å². The number of anilines is 1. The summed E-state index contributed by atoms with van der Waals surface area (Å²) in [6, 6.07) is 18.3. The Morgan fingerprint density at radius 2 is 1.96 bits per heavy atom. The molecule has 1 heterocycles. The predicted octanol–water partition coefficient (Wildman–Crippen LogP) is 4.07. The summed E-state index contributed by atoms with van der Waals surface area (Å²) >= 11 is 0. The third kappa shape index (κ3) is 3.28. The molecule has 1 aromatic heterocycles.